The molecule has 0 heterocycles. The molecule has 0 atom stereocenters. The van der Waals surface area contributed by atoms with Crippen molar-refractivity contribution in [3.63, 3.8) is 0 Å². The summed E-state index contributed by atoms with van der Waals surface area (Å²) >= 11 is 0. The summed E-state index contributed by atoms with van der Waals surface area (Å²) < 4.78 is 0. The molecule has 0 amide bonds. The largest absolute Gasteiger partial charge is 0.370 e. The van der Waals surface area contributed by atoms with Gasteiger partial charge in [-0.2, -0.15) is 0 Å². The molecule has 0 aromatic carbocycles. The van der Waals surface area contributed by atoms with E-state index in [-0.39, 0.29) is 0 Å². The van der Waals surface area contributed by atoms with Gasteiger partial charge in [-0.05, 0) is 56.3 Å². The number of hydrogen-bond donors (Lipinski definition) is 2. The van der Waals surface area contributed by atoms with Crippen molar-refractivity contribution in [1.29, 1.82) is 0 Å². The standard InChI is InChI=1S/C14H25N3/c15-13(17-12-6-2-7-12)16-10-14(8-3-9-14)11-4-1-5-11/h11-12H,1-10H2,(H3,15,16,17). The minimum Gasteiger partial charge on any atom is -0.370 e. The van der Waals surface area contributed by atoms with Gasteiger partial charge < -0.3 is 11.1 Å². The van der Waals surface area contributed by atoms with Crippen molar-refractivity contribution in [1.82, 2.24) is 5.32 Å². The van der Waals surface area contributed by atoms with Crippen LogP contribution in [0.25, 0.3) is 0 Å². The van der Waals surface area contributed by atoms with Crippen molar-refractivity contribution in [2.24, 2.45) is 22.1 Å². The van der Waals surface area contributed by atoms with E-state index in [1.165, 1.54) is 57.8 Å². The predicted molar refractivity (Wildman–Crippen MR) is 70.9 cm³/mol. The fraction of sp³-hybridized carbons (Fsp3) is 0.929. The molecule has 3 heteroatoms. The molecular formula is C14H25N3. The first-order valence-corrected chi connectivity index (χ1v) is 7.35. The third-order valence-electron chi connectivity index (χ3n) is 5.34. The van der Waals surface area contributed by atoms with Gasteiger partial charge in [-0.1, -0.05) is 12.8 Å². The lowest BCUT2D eigenvalue weighted by atomic mass is 9.55. The molecule has 96 valence electrons. The summed E-state index contributed by atoms with van der Waals surface area (Å²) in [6, 6.07) is 0.611. The first kappa shape index (κ1) is 11.4. The second-order valence-electron chi connectivity index (χ2n) is 6.32. The molecule has 3 fully saturated rings. The van der Waals surface area contributed by atoms with Gasteiger partial charge in [0, 0.05) is 12.6 Å². The molecule has 0 radical (unpaired) electrons. The number of guanidine groups is 1. The van der Waals surface area contributed by atoms with Crippen LogP contribution in [0.1, 0.15) is 57.8 Å². The van der Waals surface area contributed by atoms with E-state index in [2.05, 4.69) is 10.3 Å². The highest BCUT2D eigenvalue weighted by Crippen LogP contribution is 2.54. The van der Waals surface area contributed by atoms with Crippen molar-refractivity contribution in [2.45, 2.75) is 63.8 Å². The highest BCUT2D eigenvalue weighted by Gasteiger charge is 2.45. The zero-order valence-electron chi connectivity index (χ0n) is 10.8. The lowest BCUT2D eigenvalue weighted by Gasteiger charge is -2.51. The SMILES string of the molecule is NC(=NCC1(C2CCC2)CCC1)NC1CCC1. The number of nitrogens with zero attached hydrogens (tertiary/aromatic N) is 1. The van der Waals surface area contributed by atoms with Crippen LogP contribution in [0.4, 0.5) is 0 Å². The zero-order valence-corrected chi connectivity index (χ0v) is 10.8. The molecule has 0 unspecified atom stereocenters. The van der Waals surface area contributed by atoms with Crippen molar-refractivity contribution >= 4 is 5.96 Å². The van der Waals surface area contributed by atoms with E-state index in [0.29, 0.717) is 17.4 Å². The van der Waals surface area contributed by atoms with Crippen molar-refractivity contribution in [2.75, 3.05) is 6.54 Å². The fourth-order valence-electron chi connectivity index (χ4n) is 3.40. The molecular weight excluding hydrogens is 210 g/mol. The summed E-state index contributed by atoms with van der Waals surface area (Å²) in [5.74, 6) is 1.65. The van der Waals surface area contributed by atoms with E-state index in [0.717, 1.165) is 12.5 Å². The van der Waals surface area contributed by atoms with Crippen LogP contribution in [-0.4, -0.2) is 18.5 Å². The Morgan fingerprint density at radius 3 is 2.24 bits per heavy atom. The van der Waals surface area contributed by atoms with Gasteiger partial charge in [-0.3, -0.25) is 4.99 Å². The number of aliphatic imine (C=N–C) groups is 1. The second kappa shape index (κ2) is 4.51. The van der Waals surface area contributed by atoms with Crippen molar-refractivity contribution in [3.8, 4) is 0 Å². The van der Waals surface area contributed by atoms with E-state index in [1.54, 1.807) is 0 Å². The van der Waals surface area contributed by atoms with Gasteiger partial charge in [0.2, 0.25) is 0 Å². The average Bonchev–Trinajstić information content (AvgIpc) is 2.12. The zero-order chi connectivity index (χ0) is 11.7. The molecule has 3 saturated carbocycles. The Hall–Kier alpha value is -0.730. The first-order valence-electron chi connectivity index (χ1n) is 7.35. The van der Waals surface area contributed by atoms with E-state index in [1.807, 2.05) is 0 Å². The lowest BCUT2D eigenvalue weighted by molar-refractivity contribution is 0.0115. The number of nitrogens with one attached hydrogen (secondary N) is 1. The van der Waals surface area contributed by atoms with E-state index >= 15 is 0 Å². The quantitative estimate of drug-likeness (QED) is 0.581. The minimum absolute atomic E-state index is 0.546. The molecule has 0 aromatic heterocycles. The third kappa shape index (κ3) is 2.16. The van der Waals surface area contributed by atoms with Crippen molar-refractivity contribution < 1.29 is 0 Å². The molecule has 0 aliphatic heterocycles. The number of rotatable bonds is 4. The molecule has 3 aliphatic carbocycles. The maximum atomic E-state index is 5.97. The molecule has 17 heavy (non-hydrogen) atoms. The maximum absolute atomic E-state index is 5.97. The van der Waals surface area contributed by atoms with Crippen LogP contribution in [-0.2, 0) is 0 Å². The van der Waals surface area contributed by atoms with Crippen LogP contribution >= 0.6 is 0 Å². The van der Waals surface area contributed by atoms with Gasteiger partial charge in [0.1, 0.15) is 0 Å². The summed E-state index contributed by atoms with van der Waals surface area (Å²) in [5.41, 5.74) is 6.51. The smallest absolute Gasteiger partial charge is 0.188 e. The Morgan fingerprint density at radius 1 is 1.12 bits per heavy atom. The predicted octanol–water partition coefficient (Wildman–Crippen LogP) is 2.41. The Balaban J connectivity index is 1.52. The fourth-order valence-corrected chi connectivity index (χ4v) is 3.40. The molecule has 3 aliphatic rings. The van der Waals surface area contributed by atoms with Gasteiger partial charge in [-0.25, -0.2) is 0 Å². The van der Waals surface area contributed by atoms with Crippen LogP contribution in [0.3, 0.4) is 0 Å². The summed E-state index contributed by atoms with van der Waals surface area (Å²) in [6.45, 7) is 0.975. The second-order valence-corrected chi connectivity index (χ2v) is 6.32. The van der Waals surface area contributed by atoms with Crippen LogP contribution in [0.15, 0.2) is 4.99 Å². The van der Waals surface area contributed by atoms with Crippen LogP contribution in [0.2, 0.25) is 0 Å². The Kier molecular flexibility index (Phi) is 3.01. The minimum atomic E-state index is 0.546. The molecule has 3 nitrogen and oxygen atoms in total. The number of hydrogen-bond acceptors (Lipinski definition) is 1. The van der Waals surface area contributed by atoms with E-state index in [9.17, 15) is 0 Å². The summed E-state index contributed by atoms with van der Waals surface area (Å²) in [7, 11) is 0. The monoisotopic (exact) mass is 235 g/mol. The molecule has 0 aromatic rings. The van der Waals surface area contributed by atoms with Gasteiger partial charge in [-0.15, -0.1) is 0 Å². The normalized spacial score (nSPS) is 29.1. The van der Waals surface area contributed by atoms with Crippen LogP contribution in [0.5, 0.6) is 0 Å². The first-order chi connectivity index (χ1) is 8.28. The third-order valence-corrected chi connectivity index (χ3v) is 5.34. The summed E-state index contributed by atoms with van der Waals surface area (Å²) in [6.07, 6.45) is 12.4. The molecule has 3 N–H and O–H groups in total. The molecule has 0 spiro atoms. The summed E-state index contributed by atoms with van der Waals surface area (Å²) in [5, 5.41) is 3.34. The highest BCUT2D eigenvalue weighted by atomic mass is 15.1. The Bertz CT molecular complexity index is 299. The van der Waals surface area contributed by atoms with Crippen molar-refractivity contribution in [3.05, 3.63) is 0 Å². The highest BCUT2D eigenvalue weighted by molar-refractivity contribution is 5.78. The van der Waals surface area contributed by atoms with Gasteiger partial charge in [0.15, 0.2) is 5.96 Å². The van der Waals surface area contributed by atoms with Gasteiger partial charge in [0.25, 0.3) is 0 Å². The lowest BCUT2D eigenvalue weighted by Crippen LogP contribution is -2.46. The Labute approximate surface area is 104 Å². The maximum Gasteiger partial charge on any atom is 0.188 e. The molecule has 0 bridgehead atoms. The van der Waals surface area contributed by atoms with Gasteiger partial charge >= 0.3 is 0 Å². The average molecular weight is 235 g/mol. The topological polar surface area (TPSA) is 50.4 Å². The molecule has 0 saturated heterocycles. The Morgan fingerprint density at radius 2 is 1.82 bits per heavy atom. The van der Waals surface area contributed by atoms with Gasteiger partial charge in [0.05, 0.1) is 0 Å². The van der Waals surface area contributed by atoms with E-state index < -0.39 is 0 Å². The van der Waals surface area contributed by atoms with Crippen LogP contribution < -0.4 is 11.1 Å². The van der Waals surface area contributed by atoms with Crippen LogP contribution in [0, 0.1) is 11.3 Å². The number of nitrogens with two attached hydrogens (primary N) is 1. The van der Waals surface area contributed by atoms with E-state index in [4.69, 9.17) is 5.73 Å². The summed E-state index contributed by atoms with van der Waals surface area (Å²) in [4.78, 5) is 4.63. The molecule has 3 rings (SSSR count).